The molecular weight excluding hydrogens is 338 g/mol. The number of nitrogens with one attached hydrogen (secondary N) is 1. The molecule has 2 rings (SSSR count). The molecule has 0 aliphatic heterocycles. The number of hydrogen-bond acceptors (Lipinski definition) is 5. The summed E-state index contributed by atoms with van der Waals surface area (Å²) < 4.78 is 5.39. The van der Waals surface area contributed by atoms with Crippen molar-refractivity contribution < 1.29 is 4.74 Å². The molecule has 6 nitrogen and oxygen atoms in total. The van der Waals surface area contributed by atoms with Crippen molar-refractivity contribution in [1.29, 1.82) is 0 Å². The maximum atomic E-state index is 6.25. The van der Waals surface area contributed by atoms with Crippen LogP contribution in [0.1, 0.15) is 11.1 Å². The summed E-state index contributed by atoms with van der Waals surface area (Å²) in [7, 11) is 3.59. The first kappa shape index (κ1) is 20.5. The Bertz CT molecular complexity index is 774. The van der Waals surface area contributed by atoms with Gasteiger partial charge in [-0.15, -0.1) is 0 Å². The first-order valence-corrected chi connectivity index (χ1v) is 9.01. The zero-order valence-electron chi connectivity index (χ0n) is 16.4. The van der Waals surface area contributed by atoms with Crippen molar-refractivity contribution >= 4 is 23.9 Å². The summed E-state index contributed by atoms with van der Waals surface area (Å²) in [4.78, 5) is 10.9. The number of methoxy groups -OCH3 is 1. The number of nitrogens with two attached hydrogens (primary N) is 1. The van der Waals surface area contributed by atoms with E-state index in [9.17, 15) is 0 Å². The highest BCUT2D eigenvalue weighted by molar-refractivity contribution is 6.02. The van der Waals surface area contributed by atoms with Gasteiger partial charge in [0.05, 0.1) is 19.3 Å². The molecule has 0 aliphatic rings. The molecule has 0 amide bonds. The number of hydrogen-bond donors (Lipinski definition) is 2. The van der Waals surface area contributed by atoms with Gasteiger partial charge >= 0.3 is 0 Å². The molecule has 0 aromatic heterocycles. The van der Waals surface area contributed by atoms with E-state index in [4.69, 9.17) is 10.5 Å². The topological polar surface area (TPSA) is 75.2 Å². The van der Waals surface area contributed by atoms with E-state index in [0.717, 1.165) is 36.5 Å². The number of anilines is 1. The van der Waals surface area contributed by atoms with Crippen LogP contribution in [0.3, 0.4) is 0 Å². The average Bonchev–Trinajstić information content (AvgIpc) is 2.70. The average molecular weight is 367 g/mol. The van der Waals surface area contributed by atoms with Crippen molar-refractivity contribution in [3.8, 4) is 5.75 Å². The van der Waals surface area contributed by atoms with Gasteiger partial charge in [0.25, 0.3) is 0 Å². The molecule has 3 N–H and O–H groups in total. The molecule has 0 bridgehead atoms. The van der Waals surface area contributed by atoms with Gasteiger partial charge in [-0.1, -0.05) is 18.2 Å². The summed E-state index contributed by atoms with van der Waals surface area (Å²) in [5.41, 5.74) is 9.86. The number of aryl methyl sites for hydroxylation is 1. The van der Waals surface area contributed by atoms with Crippen molar-refractivity contribution in [2.24, 2.45) is 15.7 Å². The van der Waals surface area contributed by atoms with Crippen LogP contribution < -0.4 is 20.7 Å². The van der Waals surface area contributed by atoms with Gasteiger partial charge < -0.3 is 20.7 Å². The zero-order chi connectivity index (χ0) is 19.6. The second kappa shape index (κ2) is 10.3. The summed E-state index contributed by atoms with van der Waals surface area (Å²) in [6, 6.07) is 14.1. The van der Waals surface area contributed by atoms with Crippen molar-refractivity contribution in [2.45, 2.75) is 6.92 Å². The van der Waals surface area contributed by atoms with Gasteiger partial charge in [-0.05, 0) is 50.5 Å². The predicted molar refractivity (Wildman–Crippen MR) is 115 cm³/mol. The number of likely N-dealkylation sites (N-methyl/N-ethyl adjacent to an activating group) is 1. The first-order chi connectivity index (χ1) is 13.1. The highest BCUT2D eigenvalue weighted by Crippen LogP contribution is 2.28. The lowest BCUT2D eigenvalue weighted by molar-refractivity contribution is 0.411. The molecule has 0 spiro atoms. The monoisotopic (exact) mass is 367 g/mol. The fourth-order valence-electron chi connectivity index (χ4n) is 2.86. The first-order valence-electron chi connectivity index (χ1n) is 9.01. The van der Waals surface area contributed by atoms with Gasteiger partial charge in [0.2, 0.25) is 0 Å². The number of para-hydroxylation sites is 1. The normalized spacial score (nSPS) is 11.3. The number of ether oxygens (including phenoxy) is 1. The molecular formula is C21H29N5O. The summed E-state index contributed by atoms with van der Waals surface area (Å²) in [5.74, 6) is 1.20. The Kier molecular flexibility index (Phi) is 7.82. The smallest absolute Gasteiger partial charge is 0.128 e. The van der Waals surface area contributed by atoms with Crippen molar-refractivity contribution in [2.75, 3.05) is 45.2 Å². The molecule has 27 heavy (non-hydrogen) atoms. The number of aliphatic imine (C=N–C) groups is 2. The lowest BCUT2D eigenvalue weighted by atomic mass is 10.1. The Morgan fingerprint density at radius 2 is 1.96 bits per heavy atom. The van der Waals surface area contributed by atoms with E-state index >= 15 is 0 Å². The molecule has 0 heterocycles. The summed E-state index contributed by atoms with van der Waals surface area (Å²) in [5, 5.41) is 3.19. The van der Waals surface area contributed by atoms with Crippen molar-refractivity contribution in [3.63, 3.8) is 0 Å². The Morgan fingerprint density at radius 3 is 2.59 bits per heavy atom. The molecule has 0 saturated heterocycles. The van der Waals surface area contributed by atoms with Gasteiger partial charge in [-0.2, -0.15) is 0 Å². The van der Waals surface area contributed by atoms with E-state index in [1.54, 1.807) is 7.11 Å². The third-order valence-electron chi connectivity index (χ3n) is 4.36. The molecule has 0 atom stereocenters. The Hall–Kier alpha value is -2.86. The van der Waals surface area contributed by atoms with Gasteiger partial charge in [0.1, 0.15) is 11.6 Å². The van der Waals surface area contributed by atoms with E-state index < -0.39 is 0 Å². The van der Waals surface area contributed by atoms with Gasteiger partial charge in [0.15, 0.2) is 0 Å². The number of nitrogens with zero attached hydrogens (tertiary/aromatic N) is 3. The summed E-state index contributed by atoms with van der Waals surface area (Å²) >= 11 is 0. The maximum absolute atomic E-state index is 6.25. The third kappa shape index (κ3) is 5.56. The second-order valence-corrected chi connectivity index (χ2v) is 6.19. The van der Waals surface area contributed by atoms with E-state index in [1.165, 1.54) is 5.69 Å². The van der Waals surface area contributed by atoms with Crippen LogP contribution in [0.15, 0.2) is 52.4 Å². The van der Waals surface area contributed by atoms with Gasteiger partial charge in [0, 0.05) is 30.9 Å². The Morgan fingerprint density at radius 1 is 1.22 bits per heavy atom. The number of benzene rings is 2. The van der Waals surface area contributed by atoms with Crippen LogP contribution in [0.4, 0.5) is 11.4 Å². The number of amidine groups is 1. The van der Waals surface area contributed by atoms with E-state index in [2.05, 4.69) is 39.1 Å². The van der Waals surface area contributed by atoms with Gasteiger partial charge in [-0.25, -0.2) is 0 Å². The van der Waals surface area contributed by atoms with E-state index in [0.29, 0.717) is 18.1 Å². The molecule has 0 unspecified atom stereocenters. The summed E-state index contributed by atoms with van der Waals surface area (Å²) in [6.45, 7) is 8.74. The minimum absolute atomic E-state index is 0.442. The van der Waals surface area contributed by atoms with E-state index in [1.807, 2.05) is 44.3 Å². The fourth-order valence-corrected chi connectivity index (χ4v) is 2.86. The molecule has 144 valence electrons. The van der Waals surface area contributed by atoms with Crippen LogP contribution in [0, 0.1) is 6.92 Å². The number of rotatable bonds is 10. The van der Waals surface area contributed by atoms with Crippen LogP contribution in [0.2, 0.25) is 0 Å². The zero-order valence-corrected chi connectivity index (χ0v) is 16.4. The quantitative estimate of drug-likeness (QED) is 0.500. The van der Waals surface area contributed by atoms with Crippen LogP contribution in [-0.4, -0.2) is 52.9 Å². The molecule has 0 radical (unpaired) electrons. The maximum Gasteiger partial charge on any atom is 0.128 e. The molecule has 0 fully saturated rings. The molecule has 2 aromatic rings. The molecule has 0 saturated carbocycles. The molecule has 6 heteroatoms. The van der Waals surface area contributed by atoms with E-state index in [-0.39, 0.29) is 0 Å². The Labute approximate surface area is 161 Å². The Balaban J connectivity index is 2.15. The SMILES string of the molecule is C=Nc1cc(C)c(OC)cc1C(N)=NCCN(CCNC)c1ccccc1. The lowest BCUT2D eigenvalue weighted by Crippen LogP contribution is -2.33. The molecule has 0 aliphatic carbocycles. The van der Waals surface area contributed by atoms with Gasteiger partial charge in [-0.3, -0.25) is 9.98 Å². The van der Waals surface area contributed by atoms with Crippen LogP contribution in [0.25, 0.3) is 0 Å². The van der Waals surface area contributed by atoms with Crippen LogP contribution in [-0.2, 0) is 0 Å². The standard InChI is InChI=1S/C21H29N5O/c1-16-14-19(24-3)18(15-20(16)27-4)21(22)25-11-13-26(12-10-23-2)17-8-6-5-7-9-17/h5-9,14-15,23H,3,10-13H2,1-2,4H3,(H2,22,25). The predicted octanol–water partition coefficient (Wildman–Crippen LogP) is 2.77. The van der Waals surface area contributed by atoms with Crippen molar-refractivity contribution in [1.82, 2.24) is 5.32 Å². The van der Waals surface area contributed by atoms with Crippen LogP contribution in [0.5, 0.6) is 5.75 Å². The second-order valence-electron chi connectivity index (χ2n) is 6.19. The highest BCUT2D eigenvalue weighted by Gasteiger charge is 2.11. The minimum Gasteiger partial charge on any atom is -0.496 e. The highest BCUT2D eigenvalue weighted by atomic mass is 16.5. The fraction of sp³-hybridized carbons (Fsp3) is 0.333. The largest absolute Gasteiger partial charge is 0.496 e. The van der Waals surface area contributed by atoms with Crippen molar-refractivity contribution in [3.05, 3.63) is 53.6 Å². The van der Waals surface area contributed by atoms with Crippen LogP contribution >= 0.6 is 0 Å². The summed E-state index contributed by atoms with van der Waals surface area (Å²) in [6.07, 6.45) is 0. The lowest BCUT2D eigenvalue weighted by Gasteiger charge is -2.24. The third-order valence-corrected chi connectivity index (χ3v) is 4.36. The minimum atomic E-state index is 0.442. The molecule has 2 aromatic carbocycles.